The first-order valence-electron chi connectivity index (χ1n) is 10.9. The zero-order valence-electron chi connectivity index (χ0n) is 18.7. The lowest BCUT2D eigenvalue weighted by molar-refractivity contribution is 0.103. The first-order chi connectivity index (χ1) is 14.9. The van der Waals surface area contributed by atoms with E-state index in [1.165, 1.54) is 0 Å². The number of aryl methyl sites for hydroxylation is 2. The molecule has 0 radical (unpaired) electrons. The summed E-state index contributed by atoms with van der Waals surface area (Å²) in [6, 6.07) is 11.8. The molecule has 0 spiro atoms. The molecule has 1 N–H and O–H groups in total. The van der Waals surface area contributed by atoms with Crippen LogP contribution in [0, 0.1) is 19.8 Å². The van der Waals surface area contributed by atoms with E-state index in [1.54, 1.807) is 18.3 Å². The van der Waals surface area contributed by atoms with Crippen molar-refractivity contribution in [2.45, 2.75) is 40.2 Å². The molecule has 0 amide bonds. The van der Waals surface area contributed by atoms with Crippen molar-refractivity contribution in [2.24, 2.45) is 5.92 Å². The molecular weight excluding hydrogens is 388 g/mol. The lowest BCUT2D eigenvalue weighted by Gasteiger charge is -2.35. The summed E-state index contributed by atoms with van der Waals surface area (Å²) in [5.74, 6) is 2.77. The van der Waals surface area contributed by atoms with Gasteiger partial charge < -0.3 is 14.6 Å². The Balaban J connectivity index is 0.00000193. The molecular formula is C25H34N4O2. The molecule has 3 aromatic rings. The molecule has 1 atom stereocenters. The lowest BCUT2D eigenvalue weighted by atomic mass is 10.0. The van der Waals surface area contributed by atoms with E-state index in [2.05, 4.69) is 29.0 Å². The number of anilines is 1. The van der Waals surface area contributed by atoms with Crippen LogP contribution in [-0.2, 0) is 0 Å². The number of pyridine rings is 2. The van der Waals surface area contributed by atoms with Crippen LogP contribution >= 0.6 is 0 Å². The summed E-state index contributed by atoms with van der Waals surface area (Å²) in [6.45, 7) is 10.9. The molecule has 0 aromatic carbocycles. The summed E-state index contributed by atoms with van der Waals surface area (Å²) in [5.41, 5.74) is 2.37. The normalized spacial score (nSPS) is 16.7. The molecule has 4 heterocycles. The molecule has 1 fully saturated rings. The molecule has 1 aliphatic heterocycles. The number of ketones is 1. The number of carbonyl (C=O) groups excluding carboxylic acids is 1. The van der Waals surface area contributed by atoms with Gasteiger partial charge in [-0.3, -0.25) is 9.78 Å². The fraction of sp³-hybridized carbons (Fsp3) is 0.400. The predicted octanol–water partition coefficient (Wildman–Crippen LogP) is 4.90. The van der Waals surface area contributed by atoms with E-state index in [1.807, 2.05) is 38.1 Å². The van der Waals surface area contributed by atoms with Crippen molar-refractivity contribution in [3.63, 3.8) is 0 Å². The highest BCUT2D eigenvalue weighted by molar-refractivity contribution is 6.12. The van der Waals surface area contributed by atoms with Crippen molar-refractivity contribution < 1.29 is 12.1 Å². The van der Waals surface area contributed by atoms with Crippen LogP contribution in [0.15, 0.2) is 47.0 Å². The van der Waals surface area contributed by atoms with Gasteiger partial charge in [-0.1, -0.05) is 13.8 Å². The molecule has 6 nitrogen and oxygen atoms in total. The second kappa shape index (κ2) is 9.02. The molecule has 0 unspecified atom stereocenters. The third-order valence-corrected chi connectivity index (χ3v) is 5.69. The molecule has 0 aliphatic carbocycles. The zero-order chi connectivity index (χ0) is 22.0. The van der Waals surface area contributed by atoms with Crippen molar-refractivity contribution >= 4 is 11.6 Å². The van der Waals surface area contributed by atoms with Crippen molar-refractivity contribution in [3.05, 3.63) is 65.3 Å². The maximum atomic E-state index is 13.5. The van der Waals surface area contributed by atoms with E-state index in [9.17, 15) is 4.79 Å². The molecule has 1 aliphatic rings. The number of furan rings is 1. The average molecular weight is 423 g/mol. The van der Waals surface area contributed by atoms with Gasteiger partial charge in [0.05, 0.1) is 0 Å². The van der Waals surface area contributed by atoms with Crippen LogP contribution in [0.1, 0.15) is 50.6 Å². The van der Waals surface area contributed by atoms with Crippen LogP contribution in [0.25, 0.3) is 11.3 Å². The van der Waals surface area contributed by atoms with Crippen LogP contribution in [0.4, 0.5) is 5.82 Å². The smallest absolute Gasteiger partial charge is 0.214 e. The van der Waals surface area contributed by atoms with Gasteiger partial charge >= 0.3 is 0 Å². The van der Waals surface area contributed by atoms with Gasteiger partial charge in [0.25, 0.3) is 0 Å². The number of aromatic nitrogens is 2. The van der Waals surface area contributed by atoms with Gasteiger partial charge in [-0.25, -0.2) is 4.98 Å². The van der Waals surface area contributed by atoms with Gasteiger partial charge in [0.1, 0.15) is 23.0 Å². The molecule has 31 heavy (non-hydrogen) atoms. The third-order valence-electron chi connectivity index (χ3n) is 5.69. The van der Waals surface area contributed by atoms with Crippen LogP contribution in [0.2, 0.25) is 0 Å². The van der Waals surface area contributed by atoms with E-state index in [0.717, 1.165) is 37.6 Å². The van der Waals surface area contributed by atoms with Gasteiger partial charge in [-0.2, -0.15) is 0 Å². The third kappa shape index (κ3) is 4.69. The maximum absolute atomic E-state index is 13.5. The Labute approximate surface area is 186 Å². The molecule has 0 saturated carbocycles. The predicted molar refractivity (Wildman–Crippen MR) is 127 cm³/mol. The minimum atomic E-state index is -0.134. The second-order valence-electron chi connectivity index (χ2n) is 8.67. The fourth-order valence-electron chi connectivity index (χ4n) is 4.19. The van der Waals surface area contributed by atoms with Crippen molar-refractivity contribution in [1.29, 1.82) is 0 Å². The van der Waals surface area contributed by atoms with Gasteiger partial charge in [-0.05, 0) is 62.6 Å². The average Bonchev–Trinajstić information content (AvgIpc) is 3.19. The highest BCUT2D eigenvalue weighted by Crippen LogP contribution is 2.29. The van der Waals surface area contributed by atoms with E-state index in [0.29, 0.717) is 40.2 Å². The molecule has 0 bridgehead atoms. The highest BCUT2D eigenvalue weighted by atomic mass is 16.3. The fourth-order valence-corrected chi connectivity index (χ4v) is 4.19. The first-order valence-corrected chi connectivity index (χ1v) is 10.9. The number of piperazine rings is 1. The molecule has 4 rings (SSSR count). The van der Waals surface area contributed by atoms with E-state index in [-0.39, 0.29) is 8.64 Å². The van der Waals surface area contributed by atoms with E-state index < -0.39 is 0 Å². The van der Waals surface area contributed by atoms with E-state index in [4.69, 9.17) is 9.40 Å². The van der Waals surface area contributed by atoms with Crippen molar-refractivity contribution in [1.82, 2.24) is 15.3 Å². The topological polar surface area (TPSA) is 71.3 Å². The Kier molecular flexibility index (Phi) is 6.18. The Bertz CT molecular complexity index is 1080. The Morgan fingerprint density at radius 2 is 2.10 bits per heavy atom. The van der Waals surface area contributed by atoms with E-state index >= 15 is 0 Å². The summed E-state index contributed by atoms with van der Waals surface area (Å²) in [6.07, 6.45) is 2.81. The summed E-state index contributed by atoms with van der Waals surface area (Å²) in [5, 5.41) is 3.60. The maximum Gasteiger partial charge on any atom is 0.214 e. The van der Waals surface area contributed by atoms with Crippen LogP contribution in [-0.4, -0.2) is 41.4 Å². The summed E-state index contributed by atoms with van der Waals surface area (Å²) >= 11 is 0. The molecule has 1 saturated heterocycles. The first kappa shape index (κ1) is 21.2. The van der Waals surface area contributed by atoms with Crippen molar-refractivity contribution in [3.8, 4) is 11.3 Å². The summed E-state index contributed by atoms with van der Waals surface area (Å²) in [7, 11) is 0. The number of nitrogens with zero attached hydrogens (tertiary/aromatic N) is 3. The number of rotatable bonds is 6. The largest absolute Gasteiger partial charge is 0.461 e. The summed E-state index contributed by atoms with van der Waals surface area (Å²) < 4.78 is 5.84. The lowest BCUT2D eigenvalue weighted by Crippen LogP contribution is -2.51. The van der Waals surface area contributed by atoms with Gasteiger partial charge in [-0.15, -0.1) is 0 Å². The minimum absolute atomic E-state index is 0. The van der Waals surface area contributed by atoms with Crippen LogP contribution in [0.3, 0.4) is 0 Å². The highest BCUT2D eigenvalue weighted by Gasteiger charge is 2.25. The van der Waals surface area contributed by atoms with Gasteiger partial charge in [0.2, 0.25) is 5.78 Å². The molecule has 3 aromatic heterocycles. The number of nitrogens with one attached hydrogen (secondary N) is 1. The minimum Gasteiger partial charge on any atom is -0.461 e. The number of hydrogen-bond donors (Lipinski definition) is 1. The molecule has 6 heteroatoms. The Morgan fingerprint density at radius 3 is 2.81 bits per heavy atom. The summed E-state index contributed by atoms with van der Waals surface area (Å²) in [4.78, 5) is 25.0. The number of hydrogen-bond acceptors (Lipinski definition) is 6. The quantitative estimate of drug-likeness (QED) is 0.570. The van der Waals surface area contributed by atoms with Gasteiger partial charge in [0.15, 0.2) is 0 Å². The Morgan fingerprint density at radius 1 is 1.26 bits per heavy atom. The SMILES string of the molecule is Cc1ccc(-c2ccc(N3CCN[C@@H](CC(C)C)C3)nc2C(=O)c2cccnc2C)o1.[HH].[HH]. The second-order valence-corrected chi connectivity index (χ2v) is 8.67. The standard InChI is InChI=1S/C25H30N4O2.2H2/c1-16(2)14-19-15-29(13-12-27-19)23-10-8-21(22-9-7-17(3)31-22)24(28-23)25(30)20-6-5-11-26-18(20)4;;/h5-11,16,19,27H,12-15H2,1-4H3;2*1H/t19-;;/m0../s1. The molecule has 166 valence electrons. The van der Waals surface area contributed by atoms with Gasteiger partial charge in [0, 0.05) is 51.5 Å². The van der Waals surface area contributed by atoms with Crippen molar-refractivity contribution in [2.75, 3.05) is 24.5 Å². The number of carbonyl (C=O) groups is 1. The van der Waals surface area contributed by atoms with Crippen LogP contribution in [0.5, 0.6) is 0 Å². The van der Waals surface area contributed by atoms with Crippen LogP contribution < -0.4 is 10.2 Å². The Hall–Kier alpha value is -2.99. The monoisotopic (exact) mass is 422 g/mol. The zero-order valence-corrected chi connectivity index (χ0v) is 18.7.